The van der Waals surface area contributed by atoms with Gasteiger partial charge in [0.1, 0.15) is 0 Å². The maximum absolute atomic E-state index is 9.04. The standard InChI is InChI=1S/2C22H27N.C2H7Si.2ClH.2HI.Zr/c2*1-5-23(6-2,7-3)20-13-11-18(12-14-20)21-10-8-9-19-15-17(4)16-22(19)21;1-3-2;;;;;/h2*8-16H,5-7H2,1-4H3;3H,1-2H3;4*1H;/q2*+1;;;;;;+4/p-4. The van der Waals surface area contributed by atoms with Crippen molar-refractivity contribution in [2.45, 2.75) is 75.7 Å². The zero-order valence-corrected chi connectivity index (χ0v) is 43.6. The van der Waals surface area contributed by atoms with E-state index in [0.717, 1.165) is 48.2 Å². The van der Waals surface area contributed by atoms with Gasteiger partial charge in [0.2, 0.25) is 0 Å². The second-order valence-corrected chi connectivity index (χ2v) is 155. The van der Waals surface area contributed by atoms with Crippen molar-refractivity contribution in [2.75, 3.05) is 39.3 Å². The minimum absolute atomic E-state index is 0.0676. The third-order valence-electron chi connectivity index (χ3n) is 14.7. The van der Waals surface area contributed by atoms with Crippen LogP contribution < -0.4 is 8.97 Å². The Bertz CT molecular complexity index is 2010. The second kappa shape index (κ2) is 14.0. The molecule has 0 aromatic heterocycles. The van der Waals surface area contributed by atoms with Crippen LogP contribution in [0.1, 0.15) is 84.9 Å². The summed E-state index contributed by atoms with van der Waals surface area (Å²) in [6, 6.07) is 32.4. The molecule has 2 nitrogen and oxygen atoms in total. The average Bonchev–Trinajstić information content (AvgIpc) is 3.71. The molecule has 0 saturated carbocycles. The summed E-state index contributed by atoms with van der Waals surface area (Å²) >= 11 is 5.57. The van der Waals surface area contributed by atoms with Crippen molar-refractivity contribution in [3.05, 3.63) is 118 Å². The number of benzene rings is 4. The molecule has 4 aromatic carbocycles. The average molecular weight is 1090 g/mol. The van der Waals surface area contributed by atoms with Crippen LogP contribution >= 0.6 is 53.1 Å². The summed E-state index contributed by atoms with van der Waals surface area (Å²) in [5.41, 5.74) is 15.5. The van der Waals surface area contributed by atoms with Gasteiger partial charge in [0.05, 0.1) is 0 Å². The molecular formula is C46H61Cl2I2N2SiZr+2. The number of halogens is 4. The van der Waals surface area contributed by atoms with Crippen molar-refractivity contribution >= 4 is 82.6 Å². The SMILES string of the molecule is CC[N+](CC)(CC)c1ccc(-c2cccc3c2C=C(C)[CH]3[Zr]([Cl])([Cl])([I])([I])([CH]2C(C)=Cc3c(-c4ccc([N+](CC)(CC)CC)cc4)cccc32)[SiH](C)C)cc1. The number of rotatable bonds is 13. The molecule has 4 aromatic rings. The normalized spacial score (nSPS) is 19.4. The quantitative estimate of drug-likeness (QED) is 0.0711. The fraction of sp³-hybridized carbons (Fsp3) is 0.391. The molecule has 54 heavy (non-hydrogen) atoms. The van der Waals surface area contributed by atoms with Crippen molar-refractivity contribution in [3.8, 4) is 22.3 Å². The molecule has 2 aliphatic rings. The first-order valence-corrected chi connectivity index (χ1v) is 51.2. The summed E-state index contributed by atoms with van der Waals surface area (Å²) in [5.74, 6) is -1.89. The Labute approximate surface area is 347 Å². The Morgan fingerprint density at radius 3 is 1.13 bits per heavy atom. The zero-order valence-electron chi connectivity index (χ0n) is 34.1. The van der Waals surface area contributed by atoms with E-state index in [1.54, 1.807) is 0 Å². The van der Waals surface area contributed by atoms with E-state index in [2.05, 4.69) is 202 Å². The minimum atomic E-state index is -6.09. The molecule has 2 aliphatic carbocycles. The molecule has 0 radical (unpaired) electrons. The molecule has 0 saturated heterocycles. The van der Waals surface area contributed by atoms with Gasteiger partial charge in [-0.3, -0.25) is 0 Å². The van der Waals surface area contributed by atoms with Gasteiger partial charge < -0.3 is 0 Å². The second-order valence-electron chi connectivity index (χ2n) is 16.9. The van der Waals surface area contributed by atoms with Gasteiger partial charge in [-0.2, -0.15) is 0 Å². The number of hydrogen-bond donors (Lipinski definition) is 0. The Balaban J connectivity index is 1.50. The van der Waals surface area contributed by atoms with Crippen LogP contribution in [-0.2, 0) is 4.21 Å². The van der Waals surface area contributed by atoms with Gasteiger partial charge in [-0.15, -0.1) is 0 Å². The van der Waals surface area contributed by atoms with Crippen molar-refractivity contribution < 1.29 is 4.21 Å². The molecule has 0 N–H and O–H groups in total. The fourth-order valence-corrected chi connectivity index (χ4v) is 66.2. The Kier molecular flexibility index (Phi) is 11.2. The van der Waals surface area contributed by atoms with Gasteiger partial charge >= 0.3 is 351 Å². The number of fused-ring (bicyclic) bond motifs is 2. The van der Waals surface area contributed by atoms with Gasteiger partial charge in [0, 0.05) is 0 Å². The van der Waals surface area contributed by atoms with E-state index < -0.39 is 10.1 Å². The van der Waals surface area contributed by atoms with Gasteiger partial charge in [-0.25, -0.2) is 0 Å². The van der Waals surface area contributed by atoms with E-state index >= 15 is 0 Å². The van der Waals surface area contributed by atoms with Crippen LogP contribution in [0.5, 0.6) is 0 Å². The molecule has 0 bridgehead atoms. The number of quaternary nitrogens is 2. The summed E-state index contributed by atoms with van der Waals surface area (Å²) < 4.78 is -4.24. The molecule has 8 heteroatoms. The molecular weight excluding hydrogens is 1020 g/mol. The summed E-state index contributed by atoms with van der Waals surface area (Å²) in [7, 11) is 18.1. The van der Waals surface area contributed by atoms with E-state index in [4.69, 9.17) is 17.0 Å². The van der Waals surface area contributed by atoms with Gasteiger partial charge in [0.15, 0.2) is 0 Å². The van der Waals surface area contributed by atoms with E-state index in [9.17, 15) is 0 Å². The maximum atomic E-state index is 9.04. The van der Waals surface area contributed by atoms with Crippen LogP contribution in [0, 0.1) is 0 Å². The van der Waals surface area contributed by atoms with Gasteiger partial charge in [-0.05, 0) is 0 Å². The van der Waals surface area contributed by atoms with Crippen LogP contribution in [0.2, 0.25) is 13.1 Å². The van der Waals surface area contributed by atoms with Crippen LogP contribution in [0.4, 0.5) is 11.4 Å². The molecule has 0 aliphatic heterocycles. The first-order valence-electron chi connectivity index (χ1n) is 20.3. The summed E-state index contributed by atoms with van der Waals surface area (Å²) in [6.45, 7) is 29.8. The van der Waals surface area contributed by atoms with Crippen molar-refractivity contribution in [2.24, 2.45) is 0 Å². The van der Waals surface area contributed by atoms with Crippen LogP contribution in [0.15, 0.2) is 96.1 Å². The van der Waals surface area contributed by atoms with Gasteiger partial charge in [-0.1, -0.05) is 0 Å². The molecule has 2 unspecified atom stereocenters. The third-order valence-corrected chi connectivity index (χ3v) is 135. The van der Waals surface area contributed by atoms with Crippen molar-refractivity contribution in [1.82, 2.24) is 8.97 Å². The molecule has 0 fully saturated rings. The summed E-state index contributed by atoms with van der Waals surface area (Å²) in [5, 5.41) is 0. The monoisotopic (exact) mass is 1080 g/mol. The predicted octanol–water partition coefficient (Wildman–Crippen LogP) is 15.1. The molecule has 0 heterocycles. The fourth-order valence-electron chi connectivity index (χ4n) is 10.8. The van der Waals surface area contributed by atoms with E-state index in [-0.39, 0.29) is 7.25 Å². The third kappa shape index (κ3) is 6.18. The summed E-state index contributed by atoms with van der Waals surface area (Å²) in [4.78, 5) is 0. The van der Waals surface area contributed by atoms with E-state index in [1.807, 2.05) is 0 Å². The first-order chi connectivity index (χ1) is 25.3. The van der Waals surface area contributed by atoms with E-state index in [1.165, 1.54) is 67.0 Å². The molecule has 289 valence electrons. The summed E-state index contributed by atoms with van der Waals surface area (Å²) in [6.07, 6.45) is 4.85. The number of allylic oxidation sites excluding steroid dienone is 2. The molecule has 0 amide bonds. The Hall–Kier alpha value is -0.580. The molecule has 0 spiro atoms. The van der Waals surface area contributed by atoms with Crippen molar-refractivity contribution in [3.63, 3.8) is 0 Å². The topological polar surface area (TPSA) is 0 Å². The molecule has 2 atom stereocenters. The van der Waals surface area contributed by atoms with Gasteiger partial charge in [0.25, 0.3) is 0 Å². The van der Waals surface area contributed by atoms with Crippen LogP contribution in [0.3, 0.4) is 0 Å². The number of nitrogens with zero attached hydrogens (tertiary/aromatic N) is 2. The predicted molar refractivity (Wildman–Crippen MR) is 262 cm³/mol. The van der Waals surface area contributed by atoms with Crippen LogP contribution in [0.25, 0.3) is 34.4 Å². The van der Waals surface area contributed by atoms with E-state index in [0.29, 0.717) is 0 Å². The number of hydrogen-bond acceptors (Lipinski definition) is 0. The Morgan fingerprint density at radius 2 is 0.852 bits per heavy atom. The van der Waals surface area contributed by atoms with Crippen molar-refractivity contribution in [1.29, 1.82) is 0 Å². The zero-order chi connectivity index (χ0) is 39.6. The van der Waals surface area contributed by atoms with Crippen LogP contribution in [-0.4, -0.2) is 45.2 Å². The first kappa shape index (κ1) is 43.0. The Morgan fingerprint density at radius 1 is 0.537 bits per heavy atom. The molecule has 6 rings (SSSR count).